The number of nitrogens with one attached hydrogen (secondary N) is 1. The molecule has 28 heavy (non-hydrogen) atoms. The molecule has 0 spiro atoms. The quantitative estimate of drug-likeness (QED) is 0.463. The van der Waals surface area contributed by atoms with E-state index >= 15 is 0 Å². The molecule has 148 valence electrons. The molecule has 0 heterocycles. The van der Waals surface area contributed by atoms with Gasteiger partial charge in [-0.05, 0) is 55.9 Å². The molecule has 2 rings (SSSR count). The minimum atomic E-state index is 0.0393. The third-order valence-electron chi connectivity index (χ3n) is 4.78. The van der Waals surface area contributed by atoms with E-state index in [4.69, 9.17) is 10.7 Å². The SMILES string of the molecule is C=C(CC)C(=N/C(=C\C)C1=C(C)C(N)=CCC=C1)NC1=CCC=C(CO)C=C1. The van der Waals surface area contributed by atoms with Gasteiger partial charge in [0.2, 0.25) is 0 Å². The van der Waals surface area contributed by atoms with E-state index in [1.54, 1.807) is 0 Å². The van der Waals surface area contributed by atoms with Crippen molar-refractivity contribution < 1.29 is 5.11 Å². The number of allylic oxidation sites excluding steroid dienone is 8. The Labute approximate surface area is 168 Å². The number of hydrogen-bond acceptors (Lipinski definition) is 3. The number of nitrogens with two attached hydrogens (primary N) is 1. The molecule has 0 saturated heterocycles. The first-order valence-electron chi connectivity index (χ1n) is 9.72. The van der Waals surface area contributed by atoms with Gasteiger partial charge in [-0.15, -0.1) is 0 Å². The largest absolute Gasteiger partial charge is 0.399 e. The van der Waals surface area contributed by atoms with Crippen molar-refractivity contribution in [2.75, 3.05) is 6.61 Å². The van der Waals surface area contributed by atoms with Crippen LogP contribution in [0.4, 0.5) is 0 Å². The number of nitrogens with zero attached hydrogens (tertiary/aromatic N) is 1. The van der Waals surface area contributed by atoms with Crippen molar-refractivity contribution in [3.8, 4) is 0 Å². The first-order chi connectivity index (χ1) is 13.5. The molecule has 0 unspecified atom stereocenters. The van der Waals surface area contributed by atoms with Gasteiger partial charge in [-0.25, -0.2) is 4.99 Å². The Morgan fingerprint density at radius 1 is 1.25 bits per heavy atom. The number of aliphatic hydroxyl groups is 1. The number of aliphatic hydroxyl groups excluding tert-OH is 1. The zero-order chi connectivity index (χ0) is 20.5. The average Bonchev–Trinajstić information content (AvgIpc) is 3.03. The van der Waals surface area contributed by atoms with Gasteiger partial charge < -0.3 is 16.2 Å². The van der Waals surface area contributed by atoms with Gasteiger partial charge in [0, 0.05) is 17.0 Å². The van der Waals surface area contributed by atoms with E-state index in [1.165, 1.54) is 0 Å². The van der Waals surface area contributed by atoms with E-state index in [0.717, 1.165) is 64.5 Å². The zero-order valence-corrected chi connectivity index (χ0v) is 17.1. The lowest BCUT2D eigenvalue weighted by atomic mass is 10.0. The fourth-order valence-corrected chi connectivity index (χ4v) is 2.87. The van der Waals surface area contributed by atoms with Gasteiger partial charge >= 0.3 is 0 Å². The fraction of sp³-hybridized carbons (Fsp3) is 0.292. The van der Waals surface area contributed by atoms with Crippen LogP contribution in [0.1, 0.15) is 40.0 Å². The van der Waals surface area contributed by atoms with Crippen LogP contribution >= 0.6 is 0 Å². The molecule has 0 aromatic rings. The summed E-state index contributed by atoms with van der Waals surface area (Å²) in [5, 5.41) is 12.8. The molecule has 0 bridgehead atoms. The van der Waals surface area contributed by atoms with Crippen LogP contribution in [-0.4, -0.2) is 17.5 Å². The maximum atomic E-state index is 9.34. The summed E-state index contributed by atoms with van der Waals surface area (Å²) in [6, 6.07) is 0. The molecule has 0 aromatic heterocycles. The summed E-state index contributed by atoms with van der Waals surface area (Å²) in [7, 11) is 0. The molecule has 4 heteroatoms. The Kier molecular flexibility index (Phi) is 8.02. The van der Waals surface area contributed by atoms with Gasteiger partial charge in [0.05, 0.1) is 12.3 Å². The first kappa shape index (κ1) is 21.5. The van der Waals surface area contributed by atoms with Crippen molar-refractivity contribution in [3.05, 3.63) is 94.6 Å². The summed E-state index contributed by atoms with van der Waals surface area (Å²) in [6.07, 6.45) is 18.5. The highest BCUT2D eigenvalue weighted by Crippen LogP contribution is 2.25. The van der Waals surface area contributed by atoms with Crippen molar-refractivity contribution >= 4 is 5.84 Å². The summed E-state index contributed by atoms with van der Waals surface area (Å²) in [6.45, 7) is 10.3. The molecule has 0 aliphatic heterocycles. The van der Waals surface area contributed by atoms with E-state index in [1.807, 2.05) is 44.2 Å². The number of aliphatic imine (C=N–C) groups is 1. The molecule has 2 aliphatic rings. The topological polar surface area (TPSA) is 70.6 Å². The van der Waals surface area contributed by atoms with E-state index < -0.39 is 0 Å². The van der Waals surface area contributed by atoms with Crippen LogP contribution in [0.15, 0.2) is 99.6 Å². The monoisotopic (exact) mass is 377 g/mol. The Balaban J connectivity index is 2.38. The van der Waals surface area contributed by atoms with Crippen molar-refractivity contribution in [2.45, 2.75) is 40.0 Å². The molecule has 0 amide bonds. The lowest BCUT2D eigenvalue weighted by molar-refractivity contribution is 0.334. The van der Waals surface area contributed by atoms with Crippen LogP contribution < -0.4 is 11.1 Å². The second-order valence-electron chi connectivity index (χ2n) is 6.72. The first-order valence-corrected chi connectivity index (χ1v) is 9.72. The van der Waals surface area contributed by atoms with Crippen LogP contribution in [0.3, 0.4) is 0 Å². The molecule has 2 aliphatic carbocycles. The Hall–Kier alpha value is -2.85. The Morgan fingerprint density at radius 2 is 2.04 bits per heavy atom. The summed E-state index contributed by atoms with van der Waals surface area (Å²) < 4.78 is 0. The van der Waals surface area contributed by atoms with E-state index in [9.17, 15) is 5.11 Å². The summed E-state index contributed by atoms with van der Waals surface area (Å²) in [4.78, 5) is 4.91. The van der Waals surface area contributed by atoms with Crippen molar-refractivity contribution in [1.82, 2.24) is 5.32 Å². The van der Waals surface area contributed by atoms with Gasteiger partial charge in [-0.2, -0.15) is 0 Å². The molecule has 0 radical (unpaired) electrons. The maximum Gasteiger partial charge on any atom is 0.133 e. The summed E-state index contributed by atoms with van der Waals surface area (Å²) in [5.41, 5.74) is 12.6. The molecular formula is C24H31N3O. The second kappa shape index (κ2) is 10.5. The summed E-state index contributed by atoms with van der Waals surface area (Å²) >= 11 is 0. The third-order valence-corrected chi connectivity index (χ3v) is 4.78. The smallest absolute Gasteiger partial charge is 0.133 e. The van der Waals surface area contributed by atoms with Crippen LogP contribution in [-0.2, 0) is 0 Å². The van der Waals surface area contributed by atoms with Gasteiger partial charge in [-0.1, -0.05) is 56.0 Å². The second-order valence-corrected chi connectivity index (χ2v) is 6.72. The van der Waals surface area contributed by atoms with E-state index in [0.29, 0.717) is 0 Å². The highest BCUT2D eigenvalue weighted by Gasteiger charge is 2.12. The predicted octanol–water partition coefficient (Wildman–Crippen LogP) is 4.73. The molecule has 4 nitrogen and oxygen atoms in total. The van der Waals surface area contributed by atoms with Crippen molar-refractivity contribution in [2.24, 2.45) is 10.7 Å². The molecular weight excluding hydrogens is 346 g/mol. The van der Waals surface area contributed by atoms with E-state index in [2.05, 4.69) is 37.0 Å². The average molecular weight is 378 g/mol. The van der Waals surface area contributed by atoms with Gasteiger partial charge in [-0.3, -0.25) is 0 Å². The third kappa shape index (κ3) is 5.57. The van der Waals surface area contributed by atoms with Crippen LogP contribution in [0.5, 0.6) is 0 Å². The highest BCUT2D eigenvalue weighted by atomic mass is 16.3. The van der Waals surface area contributed by atoms with Crippen LogP contribution in [0.25, 0.3) is 0 Å². The van der Waals surface area contributed by atoms with Gasteiger partial charge in [0.25, 0.3) is 0 Å². The minimum absolute atomic E-state index is 0.0393. The highest BCUT2D eigenvalue weighted by molar-refractivity contribution is 6.00. The van der Waals surface area contributed by atoms with Crippen molar-refractivity contribution in [3.63, 3.8) is 0 Å². The Bertz CT molecular complexity index is 858. The normalized spacial score (nSPS) is 18.2. The molecule has 0 saturated carbocycles. The van der Waals surface area contributed by atoms with Gasteiger partial charge in [0.15, 0.2) is 0 Å². The number of amidine groups is 1. The molecule has 4 N–H and O–H groups in total. The predicted molar refractivity (Wildman–Crippen MR) is 119 cm³/mol. The lowest BCUT2D eigenvalue weighted by Crippen LogP contribution is -2.24. The van der Waals surface area contributed by atoms with E-state index in [-0.39, 0.29) is 6.61 Å². The van der Waals surface area contributed by atoms with Gasteiger partial charge in [0.1, 0.15) is 5.84 Å². The standard InChI is InChI=1S/C24H31N3O/c1-5-17(3)24(26-20-11-9-10-19(16-28)14-15-20)27-23(6-2)21-12-7-8-13-22(25)18(21)4/h6-7,10-15,28H,3,5,8-9,16,25H2,1-2,4H3,(H,26,27)/b23-6-. The lowest BCUT2D eigenvalue weighted by Gasteiger charge is -2.15. The summed E-state index contributed by atoms with van der Waals surface area (Å²) in [5.74, 6) is 0.736. The van der Waals surface area contributed by atoms with Crippen molar-refractivity contribution in [1.29, 1.82) is 0 Å². The minimum Gasteiger partial charge on any atom is -0.399 e. The zero-order valence-electron chi connectivity index (χ0n) is 17.1. The molecule has 0 fully saturated rings. The number of rotatable bonds is 6. The number of hydrogen-bond donors (Lipinski definition) is 3. The maximum absolute atomic E-state index is 9.34. The molecule has 0 atom stereocenters. The van der Waals surface area contributed by atoms with Crippen LogP contribution in [0.2, 0.25) is 0 Å². The Morgan fingerprint density at radius 3 is 2.71 bits per heavy atom. The van der Waals surface area contributed by atoms with Crippen LogP contribution in [0, 0.1) is 0 Å². The molecule has 0 aromatic carbocycles. The fourth-order valence-electron chi connectivity index (χ4n) is 2.87.